The van der Waals surface area contributed by atoms with Crippen LogP contribution in [-0.2, 0) is 4.74 Å². The van der Waals surface area contributed by atoms with Crippen molar-refractivity contribution in [1.82, 2.24) is 15.2 Å². The van der Waals surface area contributed by atoms with Gasteiger partial charge in [-0.2, -0.15) is 0 Å². The minimum absolute atomic E-state index is 0.00281. The van der Waals surface area contributed by atoms with Crippen LogP contribution >= 0.6 is 11.3 Å². The fourth-order valence-corrected chi connectivity index (χ4v) is 4.26. The lowest BCUT2D eigenvalue weighted by Gasteiger charge is -2.33. The van der Waals surface area contributed by atoms with E-state index in [1.54, 1.807) is 19.6 Å². The SMILES string of the molecule is COc1cccc(-c2nc(C(=O)NCC3CN(CC(C)C)CCO3)cs2)c1OC. The molecule has 1 unspecified atom stereocenters. The van der Waals surface area contributed by atoms with Crippen LogP contribution in [0.4, 0.5) is 0 Å². The topological polar surface area (TPSA) is 72.9 Å². The van der Waals surface area contributed by atoms with E-state index in [4.69, 9.17) is 14.2 Å². The minimum atomic E-state index is -0.195. The van der Waals surface area contributed by atoms with Crippen molar-refractivity contribution >= 4 is 17.2 Å². The Bertz CT molecular complexity index is 824. The Morgan fingerprint density at radius 3 is 2.93 bits per heavy atom. The molecule has 1 atom stereocenters. The number of ether oxygens (including phenoxy) is 3. The Labute approximate surface area is 176 Å². The van der Waals surface area contributed by atoms with Gasteiger partial charge in [0.15, 0.2) is 11.5 Å². The molecule has 1 aromatic heterocycles. The van der Waals surface area contributed by atoms with Crippen LogP contribution in [0.25, 0.3) is 10.6 Å². The summed E-state index contributed by atoms with van der Waals surface area (Å²) in [7, 11) is 3.19. The standard InChI is InChI=1S/C21H29N3O4S/c1-14(2)11-24-8-9-28-15(12-24)10-22-20(25)17-13-29-21(23-17)16-6-5-7-18(26-3)19(16)27-4/h5-7,13-15H,8-12H2,1-4H3,(H,22,25). The van der Waals surface area contributed by atoms with Gasteiger partial charge >= 0.3 is 0 Å². The van der Waals surface area contributed by atoms with E-state index in [0.717, 1.165) is 25.2 Å². The molecular weight excluding hydrogens is 390 g/mol. The zero-order valence-electron chi connectivity index (χ0n) is 17.4. The van der Waals surface area contributed by atoms with Crippen LogP contribution in [0.3, 0.4) is 0 Å². The molecular formula is C21H29N3O4S. The predicted octanol–water partition coefficient (Wildman–Crippen LogP) is 2.91. The van der Waals surface area contributed by atoms with Gasteiger partial charge in [-0.1, -0.05) is 19.9 Å². The molecule has 29 heavy (non-hydrogen) atoms. The molecule has 1 amide bonds. The first-order valence-electron chi connectivity index (χ1n) is 9.80. The first-order valence-corrected chi connectivity index (χ1v) is 10.7. The van der Waals surface area contributed by atoms with Crippen molar-refractivity contribution in [2.45, 2.75) is 20.0 Å². The number of hydrogen-bond acceptors (Lipinski definition) is 7. The van der Waals surface area contributed by atoms with Gasteiger partial charge in [-0.05, 0) is 18.1 Å². The molecule has 0 saturated carbocycles. The van der Waals surface area contributed by atoms with Crippen molar-refractivity contribution in [3.05, 3.63) is 29.3 Å². The maximum atomic E-state index is 12.6. The first kappa shape index (κ1) is 21.5. The largest absolute Gasteiger partial charge is 0.493 e. The van der Waals surface area contributed by atoms with Crippen LogP contribution in [0.1, 0.15) is 24.3 Å². The van der Waals surface area contributed by atoms with Gasteiger partial charge < -0.3 is 19.5 Å². The molecule has 0 bridgehead atoms. The van der Waals surface area contributed by atoms with E-state index in [2.05, 4.69) is 29.0 Å². The molecule has 1 aromatic carbocycles. The number of methoxy groups -OCH3 is 2. The Morgan fingerprint density at radius 1 is 1.38 bits per heavy atom. The van der Waals surface area contributed by atoms with Gasteiger partial charge in [-0.15, -0.1) is 11.3 Å². The number of aromatic nitrogens is 1. The Morgan fingerprint density at radius 2 is 2.21 bits per heavy atom. The van der Waals surface area contributed by atoms with Gasteiger partial charge in [-0.3, -0.25) is 9.69 Å². The molecule has 1 aliphatic rings. The zero-order valence-corrected chi connectivity index (χ0v) is 18.3. The molecule has 7 nitrogen and oxygen atoms in total. The van der Waals surface area contributed by atoms with Gasteiger partial charge in [0.05, 0.1) is 32.5 Å². The van der Waals surface area contributed by atoms with Gasteiger partial charge in [-0.25, -0.2) is 4.98 Å². The third-order valence-electron chi connectivity index (χ3n) is 4.71. The van der Waals surface area contributed by atoms with E-state index in [0.29, 0.717) is 41.3 Å². The Hall–Kier alpha value is -2.16. The second-order valence-electron chi connectivity index (χ2n) is 7.44. The number of thiazole rings is 1. The lowest BCUT2D eigenvalue weighted by atomic mass is 10.2. The number of para-hydroxylation sites is 1. The van der Waals surface area contributed by atoms with Crippen molar-refractivity contribution < 1.29 is 19.0 Å². The van der Waals surface area contributed by atoms with E-state index in [1.807, 2.05) is 18.2 Å². The Kier molecular flexibility index (Phi) is 7.46. The molecule has 1 aliphatic heterocycles. The van der Waals surface area contributed by atoms with Crippen LogP contribution in [0, 0.1) is 5.92 Å². The number of amides is 1. The smallest absolute Gasteiger partial charge is 0.270 e. The maximum absolute atomic E-state index is 12.6. The number of carbonyl (C=O) groups is 1. The average molecular weight is 420 g/mol. The number of nitrogens with zero attached hydrogens (tertiary/aromatic N) is 2. The molecule has 0 aliphatic carbocycles. The molecule has 8 heteroatoms. The molecule has 1 fully saturated rings. The van der Waals surface area contributed by atoms with Gasteiger partial charge in [0, 0.05) is 31.6 Å². The number of morpholine rings is 1. The van der Waals surface area contributed by atoms with E-state index in [9.17, 15) is 4.79 Å². The van der Waals surface area contributed by atoms with Gasteiger partial charge in [0.2, 0.25) is 0 Å². The van der Waals surface area contributed by atoms with E-state index in [-0.39, 0.29) is 12.0 Å². The number of hydrogen-bond donors (Lipinski definition) is 1. The summed E-state index contributed by atoms with van der Waals surface area (Å²) in [5, 5.41) is 5.43. The summed E-state index contributed by atoms with van der Waals surface area (Å²) in [4.78, 5) is 19.5. The lowest BCUT2D eigenvalue weighted by molar-refractivity contribution is -0.0295. The highest BCUT2D eigenvalue weighted by Crippen LogP contribution is 2.38. The highest BCUT2D eigenvalue weighted by atomic mass is 32.1. The van der Waals surface area contributed by atoms with E-state index in [1.165, 1.54) is 11.3 Å². The third kappa shape index (κ3) is 5.46. The van der Waals surface area contributed by atoms with E-state index < -0.39 is 0 Å². The number of carbonyl (C=O) groups excluding carboxylic acids is 1. The highest BCUT2D eigenvalue weighted by molar-refractivity contribution is 7.13. The van der Waals surface area contributed by atoms with Crippen molar-refractivity contribution in [2.24, 2.45) is 5.92 Å². The number of nitrogens with one attached hydrogen (secondary N) is 1. The van der Waals surface area contributed by atoms with Crippen LogP contribution < -0.4 is 14.8 Å². The Balaban J connectivity index is 1.62. The first-order chi connectivity index (χ1) is 14.0. The normalized spacial score (nSPS) is 17.3. The molecule has 2 heterocycles. The summed E-state index contributed by atoms with van der Waals surface area (Å²) in [6.45, 7) is 8.42. The zero-order chi connectivity index (χ0) is 20.8. The van der Waals surface area contributed by atoms with Crippen LogP contribution in [0.2, 0.25) is 0 Å². The van der Waals surface area contributed by atoms with Crippen molar-refractivity contribution in [3.8, 4) is 22.1 Å². The molecule has 0 spiro atoms. The van der Waals surface area contributed by atoms with Crippen LogP contribution in [0.15, 0.2) is 23.6 Å². The monoisotopic (exact) mass is 419 g/mol. The molecule has 2 aromatic rings. The summed E-state index contributed by atoms with van der Waals surface area (Å²) >= 11 is 1.40. The van der Waals surface area contributed by atoms with E-state index >= 15 is 0 Å². The summed E-state index contributed by atoms with van der Waals surface area (Å²) in [5.41, 5.74) is 1.19. The van der Waals surface area contributed by atoms with Crippen molar-refractivity contribution in [1.29, 1.82) is 0 Å². The average Bonchev–Trinajstić information content (AvgIpc) is 3.21. The molecule has 1 saturated heterocycles. The second kappa shape index (κ2) is 10.0. The van der Waals surface area contributed by atoms with Crippen molar-refractivity contribution in [2.75, 3.05) is 47.0 Å². The van der Waals surface area contributed by atoms with Crippen LogP contribution in [-0.4, -0.2) is 68.9 Å². The van der Waals surface area contributed by atoms with Gasteiger partial charge in [0.25, 0.3) is 5.91 Å². The molecule has 0 radical (unpaired) electrons. The van der Waals surface area contributed by atoms with Gasteiger partial charge in [0.1, 0.15) is 10.7 Å². The van der Waals surface area contributed by atoms with Crippen molar-refractivity contribution in [3.63, 3.8) is 0 Å². The summed E-state index contributed by atoms with van der Waals surface area (Å²) in [6, 6.07) is 5.61. The fraction of sp³-hybridized carbons (Fsp3) is 0.524. The van der Waals surface area contributed by atoms with Crippen LogP contribution in [0.5, 0.6) is 11.5 Å². The summed E-state index contributed by atoms with van der Waals surface area (Å²) < 4.78 is 16.6. The third-order valence-corrected chi connectivity index (χ3v) is 5.58. The quantitative estimate of drug-likeness (QED) is 0.709. The predicted molar refractivity (Wildman–Crippen MR) is 114 cm³/mol. The highest BCUT2D eigenvalue weighted by Gasteiger charge is 2.22. The summed E-state index contributed by atoms with van der Waals surface area (Å²) in [6.07, 6.45) is 0.00281. The number of rotatable bonds is 8. The second-order valence-corrected chi connectivity index (χ2v) is 8.29. The molecule has 3 rings (SSSR count). The maximum Gasteiger partial charge on any atom is 0.270 e. The number of benzene rings is 1. The summed E-state index contributed by atoms with van der Waals surface area (Å²) in [5.74, 6) is 1.66. The molecule has 1 N–H and O–H groups in total. The molecule has 158 valence electrons. The lowest BCUT2D eigenvalue weighted by Crippen LogP contribution is -2.48. The fourth-order valence-electron chi connectivity index (χ4n) is 3.44. The minimum Gasteiger partial charge on any atom is -0.493 e.